The highest BCUT2D eigenvalue weighted by Gasteiger charge is 2.28. The Hall–Kier alpha value is -1.90. The third-order valence-electron chi connectivity index (χ3n) is 2.60. The van der Waals surface area contributed by atoms with E-state index in [0.717, 1.165) is 5.56 Å². The van der Waals surface area contributed by atoms with Gasteiger partial charge in [0, 0.05) is 6.42 Å². The SMILES string of the molecule is O=C1CC(C/C=C/c2ccccc2)C(=O)N1. The van der Waals surface area contributed by atoms with Crippen LogP contribution in [-0.4, -0.2) is 11.8 Å². The summed E-state index contributed by atoms with van der Waals surface area (Å²) in [7, 11) is 0. The van der Waals surface area contributed by atoms with E-state index >= 15 is 0 Å². The smallest absolute Gasteiger partial charge is 0.230 e. The van der Waals surface area contributed by atoms with Crippen LogP contribution in [0.2, 0.25) is 0 Å². The molecule has 1 atom stereocenters. The van der Waals surface area contributed by atoms with Gasteiger partial charge in [-0.05, 0) is 12.0 Å². The van der Waals surface area contributed by atoms with Gasteiger partial charge in [-0.25, -0.2) is 0 Å². The van der Waals surface area contributed by atoms with Gasteiger partial charge in [0.2, 0.25) is 11.8 Å². The minimum absolute atomic E-state index is 0.150. The van der Waals surface area contributed by atoms with Crippen molar-refractivity contribution in [2.24, 2.45) is 5.92 Å². The quantitative estimate of drug-likeness (QED) is 0.781. The Kier molecular flexibility index (Phi) is 3.15. The number of hydrogen-bond acceptors (Lipinski definition) is 2. The van der Waals surface area contributed by atoms with Crippen LogP contribution in [0, 0.1) is 5.92 Å². The minimum atomic E-state index is -0.188. The molecule has 1 heterocycles. The fourth-order valence-corrected chi connectivity index (χ4v) is 1.73. The zero-order chi connectivity index (χ0) is 11.4. The fourth-order valence-electron chi connectivity index (χ4n) is 1.73. The van der Waals surface area contributed by atoms with Gasteiger partial charge in [-0.1, -0.05) is 42.5 Å². The summed E-state index contributed by atoms with van der Waals surface area (Å²) in [5, 5.41) is 2.30. The fraction of sp³-hybridized carbons (Fsp3) is 0.231. The van der Waals surface area contributed by atoms with Crippen LogP contribution >= 0.6 is 0 Å². The second-order valence-corrected chi connectivity index (χ2v) is 3.86. The number of carbonyl (C=O) groups is 2. The summed E-state index contributed by atoms with van der Waals surface area (Å²) in [6.45, 7) is 0. The van der Waals surface area contributed by atoms with E-state index < -0.39 is 0 Å². The Morgan fingerprint density at radius 2 is 2.00 bits per heavy atom. The van der Waals surface area contributed by atoms with Crippen molar-refractivity contribution in [2.75, 3.05) is 0 Å². The van der Waals surface area contributed by atoms with E-state index in [2.05, 4.69) is 5.32 Å². The first-order chi connectivity index (χ1) is 7.75. The summed E-state index contributed by atoms with van der Waals surface area (Å²) >= 11 is 0. The zero-order valence-corrected chi connectivity index (χ0v) is 8.85. The lowest BCUT2D eigenvalue weighted by Crippen LogP contribution is -2.21. The first-order valence-electron chi connectivity index (χ1n) is 5.31. The van der Waals surface area contributed by atoms with Crippen LogP contribution in [0.25, 0.3) is 6.08 Å². The molecule has 3 heteroatoms. The lowest BCUT2D eigenvalue weighted by molar-refractivity contribution is -0.125. The summed E-state index contributed by atoms with van der Waals surface area (Å²) in [4.78, 5) is 22.2. The van der Waals surface area contributed by atoms with Crippen LogP contribution in [0.5, 0.6) is 0 Å². The highest BCUT2D eigenvalue weighted by Crippen LogP contribution is 2.16. The molecule has 1 aliphatic rings. The first-order valence-corrected chi connectivity index (χ1v) is 5.31. The average Bonchev–Trinajstić information content (AvgIpc) is 2.59. The lowest BCUT2D eigenvalue weighted by Gasteiger charge is -1.99. The molecule has 1 fully saturated rings. The molecule has 1 unspecified atom stereocenters. The molecule has 0 spiro atoms. The topological polar surface area (TPSA) is 46.2 Å². The maximum absolute atomic E-state index is 11.3. The van der Waals surface area contributed by atoms with Gasteiger partial charge in [0.05, 0.1) is 5.92 Å². The summed E-state index contributed by atoms with van der Waals surface area (Å²) in [6.07, 6.45) is 4.85. The number of benzene rings is 1. The molecule has 1 aliphatic heterocycles. The van der Waals surface area contributed by atoms with Crippen molar-refractivity contribution < 1.29 is 9.59 Å². The monoisotopic (exact) mass is 215 g/mol. The molecule has 1 N–H and O–H groups in total. The molecule has 82 valence electrons. The zero-order valence-electron chi connectivity index (χ0n) is 8.85. The number of hydrogen-bond donors (Lipinski definition) is 1. The molecule has 1 saturated heterocycles. The van der Waals surface area contributed by atoms with Crippen molar-refractivity contribution >= 4 is 17.9 Å². The third-order valence-corrected chi connectivity index (χ3v) is 2.60. The molecule has 2 amide bonds. The Balaban J connectivity index is 1.90. The average molecular weight is 215 g/mol. The van der Waals surface area contributed by atoms with Crippen molar-refractivity contribution in [3.8, 4) is 0 Å². The summed E-state index contributed by atoms with van der Waals surface area (Å²) in [5.41, 5.74) is 1.10. The van der Waals surface area contributed by atoms with Crippen LogP contribution in [0.1, 0.15) is 18.4 Å². The van der Waals surface area contributed by atoms with E-state index in [9.17, 15) is 9.59 Å². The Morgan fingerprint density at radius 3 is 2.62 bits per heavy atom. The molecule has 1 aromatic carbocycles. The molecule has 2 rings (SSSR count). The van der Waals surface area contributed by atoms with Crippen LogP contribution < -0.4 is 5.32 Å². The molecule has 0 bridgehead atoms. The van der Waals surface area contributed by atoms with Crippen molar-refractivity contribution in [1.29, 1.82) is 0 Å². The lowest BCUT2D eigenvalue weighted by atomic mass is 10.0. The second kappa shape index (κ2) is 4.75. The van der Waals surface area contributed by atoms with Crippen molar-refractivity contribution in [2.45, 2.75) is 12.8 Å². The normalized spacial score (nSPS) is 20.4. The number of nitrogens with one attached hydrogen (secondary N) is 1. The summed E-state index contributed by atoms with van der Waals surface area (Å²) in [5.74, 6) is -0.502. The highest BCUT2D eigenvalue weighted by atomic mass is 16.2. The molecule has 0 aliphatic carbocycles. The number of allylic oxidation sites excluding steroid dienone is 1. The number of imide groups is 1. The van der Waals surface area contributed by atoms with Gasteiger partial charge in [-0.15, -0.1) is 0 Å². The highest BCUT2D eigenvalue weighted by molar-refractivity contribution is 6.03. The predicted octanol–water partition coefficient (Wildman–Crippen LogP) is 1.75. The largest absolute Gasteiger partial charge is 0.296 e. The molecule has 0 saturated carbocycles. The van der Waals surface area contributed by atoms with Crippen LogP contribution in [0.4, 0.5) is 0 Å². The van der Waals surface area contributed by atoms with Crippen molar-refractivity contribution in [1.82, 2.24) is 5.32 Å². The van der Waals surface area contributed by atoms with Gasteiger partial charge in [-0.3, -0.25) is 14.9 Å². The van der Waals surface area contributed by atoms with E-state index in [1.54, 1.807) is 0 Å². The molecule has 16 heavy (non-hydrogen) atoms. The van der Waals surface area contributed by atoms with E-state index in [0.29, 0.717) is 12.8 Å². The number of rotatable bonds is 3. The minimum Gasteiger partial charge on any atom is -0.296 e. The standard InChI is InChI=1S/C13H13NO2/c15-12-9-11(13(16)14-12)8-4-7-10-5-2-1-3-6-10/h1-7,11H,8-9H2,(H,14,15,16)/b7-4+. The van der Waals surface area contributed by atoms with Crippen LogP contribution in [0.15, 0.2) is 36.4 Å². The second-order valence-electron chi connectivity index (χ2n) is 3.86. The maximum Gasteiger partial charge on any atom is 0.230 e. The van der Waals surface area contributed by atoms with Gasteiger partial charge in [0.15, 0.2) is 0 Å². The third kappa shape index (κ3) is 2.57. The number of carbonyl (C=O) groups excluding carboxylic acids is 2. The Labute approximate surface area is 94.2 Å². The Morgan fingerprint density at radius 1 is 1.25 bits per heavy atom. The molecular formula is C13H13NO2. The number of amides is 2. The van der Waals surface area contributed by atoms with Crippen LogP contribution in [-0.2, 0) is 9.59 Å². The summed E-state index contributed by atoms with van der Waals surface area (Å²) in [6, 6.07) is 9.88. The maximum atomic E-state index is 11.3. The van der Waals surface area contributed by atoms with Gasteiger partial charge in [0.1, 0.15) is 0 Å². The van der Waals surface area contributed by atoms with Crippen molar-refractivity contribution in [3.05, 3.63) is 42.0 Å². The predicted molar refractivity (Wildman–Crippen MR) is 61.3 cm³/mol. The van der Waals surface area contributed by atoms with Crippen LogP contribution in [0.3, 0.4) is 0 Å². The molecule has 3 nitrogen and oxygen atoms in total. The van der Waals surface area contributed by atoms with E-state index in [1.807, 2.05) is 42.5 Å². The Bertz CT molecular complexity index is 423. The van der Waals surface area contributed by atoms with Gasteiger partial charge >= 0.3 is 0 Å². The molecule has 0 radical (unpaired) electrons. The van der Waals surface area contributed by atoms with E-state index in [-0.39, 0.29) is 17.7 Å². The van der Waals surface area contributed by atoms with Gasteiger partial charge in [0.25, 0.3) is 0 Å². The van der Waals surface area contributed by atoms with Gasteiger partial charge in [-0.2, -0.15) is 0 Å². The van der Waals surface area contributed by atoms with Gasteiger partial charge < -0.3 is 0 Å². The first kappa shape index (κ1) is 10.6. The van der Waals surface area contributed by atoms with Crippen molar-refractivity contribution in [3.63, 3.8) is 0 Å². The molecule has 0 aromatic heterocycles. The van der Waals surface area contributed by atoms with E-state index in [1.165, 1.54) is 0 Å². The summed E-state index contributed by atoms with van der Waals surface area (Å²) < 4.78 is 0. The molecular weight excluding hydrogens is 202 g/mol. The molecule has 1 aromatic rings. The van der Waals surface area contributed by atoms with E-state index in [4.69, 9.17) is 0 Å².